The summed E-state index contributed by atoms with van der Waals surface area (Å²) < 4.78 is 12.7. The molecule has 4 aliphatic carbocycles. The van der Waals surface area contributed by atoms with Gasteiger partial charge in [0.05, 0.1) is 17.1 Å². The van der Waals surface area contributed by atoms with Crippen molar-refractivity contribution in [2.75, 3.05) is 14.7 Å². The summed E-state index contributed by atoms with van der Waals surface area (Å²) in [6.45, 7) is 19.0. The summed E-state index contributed by atoms with van der Waals surface area (Å²) in [5.41, 5.74) is 35.7. The third kappa shape index (κ3) is 12.5. The molecule has 0 radical (unpaired) electrons. The number of hydrogen-bond acceptors (Lipinski definition) is 5. The predicted octanol–water partition coefficient (Wildman–Crippen LogP) is 38.9. The van der Waals surface area contributed by atoms with Gasteiger partial charge in [-0.1, -0.05) is 383 Å². The normalized spacial score (nSPS) is 14.0. The molecular formula is C138H99N3O2. The highest BCUT2D eigenvalue weighted by molar-refractivity contribution is 6.30. The summed E-state index contributed by atoms with van der Waals surface area (Å²) in [5.74, 6) is 0. The van der Waals surface area contributed by atoms with Crippen LogP contribution in [-0.2, 0) is 21.7 Å². The standard InChI is InChI=1S/C48H37N.2C45H31NO/c1-47(2)41-18-10-9-16-36(41)39-28-27-37-40(45(39)47)25-23-30-21-22-31-29-33(24-26-34(31)44(30)37)49(32-13-6-5-7-14-32)43-20-12-17-38-35-15-8-11-19-42(35)48(3,4)46(38)43;1-45(2)38-16-8-6-13-33(38)36-15-10-17-39(44(36)45)46(30-11-4-3-5-12-30)31-22-24-32-29(27-31)20-19-28-21-23-35-34(42(28)32)25-26-41-43(35)37-14-7-9-18-40(37)47-41;1-45(2)39-16-8-6-13-33(39)36-15-10-17-40(43(36)45)46(30-11-4-3-5-12-30)31-22-24-32-29(27-31)20-19-28-21-23-38-35(42(28)32)25-26-37-34-14-7-9-18-41(34)47-44(37)38/h5-29H,1-4H3;2*3-27H,1-2H3. The highest BCUT2D eigenvalue weighted by Crippen LogP contribution is 2.61. The first-order valence-corrected chi connectivity index (χ1v) is 50.2. The lowest BCUT2D eigenvalue weighted by molar-refractivity contribution is 0.660. The van der Waals surface area contributed by atoms with E-state index in [0.717, 1.165) is 78.0 Å². The van der Waals surface area contributed by atoms with Gasteiger partial charge < -0.3 is 23.5 Å². The van der Waals surface area contributed by atoms with Crippen LogP contribution in [0.2, 0.25) is 0 Å². The molecule has 5 heteroatoms. The van der Waals surface area contributed by atoms with Crippen LogP contribution in [-0.4, -0.2) is 0 Å². The Bertz CT molecular complexity index is 9880. The molecule has 26 aromatic rings. The molecule has 0 amide bonds. The molecule has 24 aromatic carbocycles. The minimum atomic E-state index is -0.135. The molecule has 0 saturated carbocycles. The van der Waals surface area contributed by atoms with Crippen molar-refractivity contribution >= 4 is 192 Å². The molecule has 678 valence electrons. The lowest BCUT2D eigenvalue weighted by Gasteiger charge is -2.32. The number of nitrogens with zero attached hydrogens (tertiary/aromatic N) is 3. The van der Waals surface area contributed by atoms with Crippen LogP contribution in [0.15, 0.2) is 464 Å². The van der Waals surface area contributed by atoms with E-state index in [4.69, 9.17) is 8.83 Å². The molecule has 0 unspecified atom stereocenters. The van der Waals surface area contributed by atoms with Crippen molar-refractivity contribution in [2.45, 2.75) is 77.0 Å². The van der Waals surface area contributed by atoms with Gasteiger partial charge >= 0.3 is 0 Å². The van der Waals surface area contributed by atoms with Gasteiger partial charge in [-0.2, -0.15) is 0 Å². The number of hydrogen-bond donors (Lipinski definition) is 0. The minimum absolute atomic E-state index is 0.0591. The molecule has 0 bridgehead atoms. The first-order valence-electron chi connectivity index (χ1n) is 50.2. The maximum absolute atomic E-state index is 6.45. The van der Waals surface area contributed by atoms with Crippen molar-refractivity contribution in [3.63, 3.8) is 0 Å². The van der Waals surface area contributed by atoms with Crippen LogP contribution >= 0.6 is 0 Å². The molecule has 2 aromatic heterocycles. The Labute approximate surface area is 830 Å². The molecule has 30 rings (SSSR count). The number of rotatable bonds is 9. The van der Waals surface area contributed by atoms with Crippen LogP contribution in [0.3, 0.4) is 0 Å². The first kappa shape index (κ1) is 83.8. The lowest BCUT2D eigenvalue weighted by atomic mass is 9.79. The SMILES string of the molecule is CC1(C)c2ccccc2-c2cccc(N(c3ccccc3)c3ccc4c(ccc5ccc6c(ccc7c8ccccc8oc76)c54)c3)c21.CC1(C)c2ccccc2-c2cccc(N(c3ccccc3)c3ccc4c(ccc5ccc6c(ccc7oc8ccccc8c76)c54)c3)c21.CC1(C)c2ccccc2-c2cccc(N(c3ccccc3)c3ccc4c(ccc5ccc6c7c(ccc6c54)-c4ccccc4C7(C)C)c3)c21. The van der Waals surface area contributed by atoms with Gasteiger partial charge in [0.2, 0.25) is 0 Å². The highest BCUT2D eigenvalue weighted by atomic mass is 16.3. The van der Waals surface area contributed by atoms with Crippen LogP contribution in [0.5, 0.6) is 0 Å². The van der Waals surface area contributed by atoms with E-state index in [9.17, 15) is 0 Å². The third-order valence-electron chi connectivity index (χ3n) is 32.3. The summed E-state index contributed by atoms with van der Waals surface area (Å²) >= 11 is 0. The van der Waals surface area contributed by atoms with E-state index in [1.54, 1.807) is 0 Å². The number of para-hydroxylation sites is 5. The van der Waals surface area contributed by atoms with E-state index in [0.29, 0.717) is 0 Å². The van der Waals surface area contributed by atoms with Crippen molar-refractivity contribution in [1.82, 2.24) is 0 Å². The molecule has 0 N–H and O–H groups in total. The Hall–Kier alpha value is -17.4. The molecule has 0 aliphatic heterocycles. The van der Waals surface area contributed by atoms with Crippen molar-refractivity contribution in [3.8, 4) is 44.5 Å². The molecule has 0 atom stereocenters. The van der Waals surface area contributed by atoms with Crippen LogP contribution in [0, 0.1) is 0 Å². The fourth-order valence-electron chi connectivity index (χ4n) is 26.0. The lowest BCUT2D eigenvalue weighted by Crippen LogP contribution is -2.20. The second-order valence-corrected chi connectivity index (χ2v) is 41.5. The number of fused-ring (bicyclic) bond motifs is 36. The average Bonchev–Trinajstić information content (AvgIpc) is 1.65. The van der Waals surface area contributed by atoms with E-state index >= 15 is 0 Å². The van der Waals surface area contributed by atoms with Gasteiger partial charge in [0, 0.05) is 82.7 Å². The van der Waals surface area contributed by atoms with E-state index in [-0.39, 0.29) is 21.7 Å². The van der Waals surface area contributed by atoms with Gasteiger partial charge in [-0.3, -0.25) is 0 Å². The smallest absolute Gasteiger partial charge is 0.143 e. The van der Waals surface area contributed by atoms with Crippen molar-refractivity contribution in [1.29, 1.82) is 0 Å². The summed E-state index contributed by atoms with van der Waals surface area (Å²) in [7, 11) is 0. The maximum atomic E-state index is 6.45. The van der Waals surface area contributed by atoms with Crippen molar-refractivity contribution < 1.29 is 8.83 Å². The zero-order valence-electron chi connectivity index (χ0n) is 81.0. The van der Waals surface area contributed by atoms with Crippen LogP contribution < -0.4 is 14.7 Å². The summed E-state index contributed by atoms with van der Waals surface area (Å²) in [5, 5.41) is 27.3. The second-order valence-electron chi connectivity index (χ2n) is 41.5. The molecule has 5 nitrogen and oxygen atoms in total. The zero-order valence-corrected chi connectivity index (χ0v) is 81.0. The van der Waals surface area contributed by atoms with E-state index in [1.165, 1.54) is 203 Å². The Balaban J connectivity index is 0.000000105. The van der Waals surface area contributed by atoms with E-state index in [1.807, 2.05) is 12.1 Å². The first-order chi connectivity index (χ1) is 70.0. The van der Waals surface area contributed by atoms with E-state index in [2.05, 4.69) is 513 Å². The fraction of sp³-hybridized carbons (Fsp3) is 0.0870. The average molecular weight is 1830 g/mol. The third-order valence-corrected chi connectivity index (χ3v) is 32.3. The maximum Gasteiger partial charge on any atom is 0.143 e. The topological polar surface area (TPSA) is 36.0 Å². The molecular weight excluding hydrogens is 1730 g/mol. The van der Waals surface area contributed by atoms with Gasteiger partial charge in [0.25, 0.3) is 0 Å². The van der Waals surface area contributed by atoms with Gasteiger partial charge in [-0.15, -0.1) is 0 Å². The number of anilines is 9. The van der Waals surface area contributed by atoms with Crippen LogP contribution in [0.25, 0.3) is 185 Å². The Morgan fingerprint density at radius 3 is 0.874 bits per heavy atom. The van der Waals surface area contributed by atoms with Gasteiger partial charge in [0.1, 0.15) is 22.3 Å². The largest absolute Gasteiger partial charge is 0.456 e. The Morgan fingerprint density at radius 2 is 0.441 bits per heavy atom. The Kier molecular flexibility index (Phi) is 18.5. The summed E-state index contributed by atoms with van der Waals surface area (Å²) in [6, 6.07) is 167. The molecule has 4 aliphatic rings. The highest BCUT2D eigenvalue weighted by Gasteiger charge is 2.44. The number of furan rings is 2. The van der Waals surface area contributed by atoms with Gasteiger partial charge in [0.15, 0.2) is 0 Å². The van der Waals surface area contributed by atoms with Crippen LogP contribution in [0.4, 0.5) is 51.2 Å². The van der Waals surface area contributed by atoms with Crippen LogP contribution in [0.1, 0.15) is 99.9 Å². The van der Waals surface area contributed by atoms with E-state index < -0.39 is 0 Å². The van der Waals surface area contributed by atoms with Crippen molar-refractivity contribution in [2.24, 2.45) is 0 Å². The predicted molar refractivity (Wildman–Crippen MR) is 606 cm³/mol. The summed E-state index contributed by atoms with van der Waals surface area (Å²) in [4.78, 5) is 7.35. The second kappa shape index (κ2) is 31.6. The number of benzene rings is 24. The van der Waals surface area contributed by atoms with Gasteiger partial charge in [-0.25, -0.2) is 0 Å². The molecule has 0 fully saturated rings. The zero-order chi connectivity index (χ0) is 95.6. The molecule has 0 saturated heterocycles. The molecule has 0 spiro atoms. The van der Waals surface area contributed by atoms with Crippen molar-refractivity contribution in [3.05, 3.63) is 499 Å². The molecule has 143 heavy (non-hydrogen) atoms. The van der Waals surface area contributed by atoms with Gasteiger partial charge in [-0.05, 0) is 308 Å². The minimum Gasteiger partial charge on any atom is -0.456 e. The molecule has 2 heterocycles. The quantitative estimate of drug-likeness (QED) is 0.135. The monoisotopic (exact) mass is 1830 g/mol. The fourth-order valence-corrected chi connectivity index (χ4v) is 26.0. The Morgan fingerprint density at radius 1 is 0.161 bits per heavy atom. The summed E-state index contributed by atoms with van der Waals surface area (Å²) in [6.07, 6.45) is 0.